The van der Waals surface area contributed by atoms with Crippen LogP contribution in [0.5, 0.6) is 0 Å². The van der Waals surface area contributed by atoms with Gasteiger partial charge in [-0.05, 0) is 54.4 Å². The van der Waals surface area contributed by atoms with Gasteiger partial charge in [-0.15, -0.1) is 4.48 Å². The van der Waals surface area contributed by atoms with Gasteiger partial charge < -0.3 is 18.0 Å². The minimum absolute atomic E-state index is 0.0200. The van der Waals surface area contributed by atoms with Crippen molar-refractivity contribution < 1.29 is 32.6 Å². The summed E-state index contributed by atoms with van der Waals surface area (Å²) in [4.78, 5) is 4.49. The van der Waals surface area contributed by atoms with E-state index in [0.717, 1.165) is 54.4 Å². The highest BCUT2D eigenvalue weighted by Crippen LogP contribution is 2.39. The summed E-state index contributed by atoms with van der Waals surface area (Å²) in [6.45, 7) is 20.1. The van der Waals surface area contributed by atoms with Crippen LogP contribution in [0.4, 0.5) is 4.48 Å². The minimum Gasteiger partial charge on any atom is -0.409 e. The zero-order valence-corrected chi connectivity index (χ0v) is 28.2. The number of hydrogen-bond acceptors (Lipinski definition) is 7. The monoisotopic (exact) mass is 583 g/mol. The van der Waals surface area contributed by atoms with Gasteiger partial charge in [-0.25, -0.2) is 4.89 Å². The molecule has 0 unspecified atom stereocenters. The van der Waals surface area contributed by atoms with Gasteiger partial charge in [-0.2, -0.15) is 5.54 Å². The van der Waals surface area contributed by atoms with E-state index in [1.807, 2.05) is 5.54 Å². The van der Waals surface area contributed by atoms with Crippen molar-refractivity contribution in [1.29, 1.82) is 0 Å². The van der Waals surface area contributed by atoms with Crippen LogP contribution in [0.15, 0.2) is 0 Å². The maximum Gasteiger partial charge on any atom is 0.192 e. The van der Waals surface area contributed by atoms with Gasteiger partial charge in [0.2, 0.25) is 0 Å². The lowest BCUT2D eigenvalue weighted by Gasteiger charge is -2.53. The molecular weight excluding hydrogens is 526 g/mol. The summed E-state index contributed by atoms with van der Waals surface area (Å²) in [6, 6.07) is 8.98. The highest BCUT2D eigenvalue weighted by Gasteiger charge is 2.53. The number of hydrogen-bond donors (Lipinski definition) is 2. The molecule has 0 aromatic heterocycles. The van der Waals surface area contributed by atoms with E-state index in [2.05, 4.69) is 67.2 Å². The number of halogens is 1. The molecule has 1 aliphatic heterocycles. The average Bonchev–Trinajstić information content (AvgIpc) is 2.94. The lowest BCUT2D eigenvalue weighted by Crippen LogP contribution is -2.67. The van der Waals surface area contributed by atoms with Gasteiger partial charge in [0.05, 0.1) is 25.4 Å². The van der Waals surface area contributed by atoms with Crippen LogP contribution in [-0.2, 0) is 22.9 Å². The van der Waals surface area contributed by atoms with Gasteiger partial charge in [0.15, 0.2) is 25.0 Å². The summed E-state index contributed by atoms with van der Waals surface area (Å²) in [5.74, 6) is 0. The molecule has 0 radical (unpaired) electrons. The van der Waals surface area contributed by atoms with Crippen LogP contribution in [0, 0.1) is 0 Å². The zero-order chi connectivity index (χ0) is 28.1. The smallest absolute Gasteiger partial charge is 0.192 e. The normalized spacial score (nSPS) is 25.5. The average molecular weight is 584 g/mol. The molecule has 2 N–H and O–H groups in total. The lowest BCUT2D eigenvalue weighted by atomic mass is 9.93. The SMILES string of the molecule is CC[Si](CC)(CC)O[C@@H]1[C@@H](O[Si](CC)(CC)CC)[C@H](CNF)O[C@H](CCOO)[C@@H]1O[Si](CC)(CC)CC. The molecule has 0 saturated carbocycles. The highest BCUT2D eigenvalue weighted by molar-refractivity contribution is 6.74. The second-order valence-electron chi connectivity index (χ2n) is 10.7. The fourth-order valence-electron chi connectivity index (χ4n) is 5.92. The molecule has 222 valence electrons. The van der Waals surface area contributed by atoms with Crippen molar-refractivity contribution in [3.8, 4) is 0 Å². The van der Waals surface area contributed by atoms with E-state index in [0.29, 0.717) is 6.42 Å². The van der Waals surface area contributed by atoms with Gasteiger partial charge in [-0.3, -0.25) is 5.26 Å². The van der Waals surface area contributed by atoms with E-state index in [4.69, 9.17) is 18.0 Å². The van der Waals surface area contributed by atoms with E-state index >= 15 is 0 Å². The molecule has 0 bridgehead atoms. The molecule has 0 aliphatic carbocycles. The Kier molecular flexibility index (Phi) is 16.4. The van der Waals surface area contributed by atoms with Crippen molar-refractivity contribution in [2.45, 2.75) is 154 Å². The molecule has 11 heteroatoms. The summed E-state index contributed by atoms with van der Waals surface area (Å²) in [5, 5.41) is 9.19. The zero-order valence-electron chi connectivity index (χ0n) is 25.2. The van der Waals surface area contributed by atoms with Crippen LogP contribution in [0.25, 0.3) is 0 Å². The first-order valence-corrected chi connectivity index (χ1v) is 22.6. The molecule has 1 saturated heterocycles. The highest BCUT2D eigenvalue weighted by atomic mass is 28.4. The van der Waals surface area contributed by atoms with Gasteiger partial charge in [0.1, 0.15) is 18.3 Å². The topological polar surface area (TPSA) is 78.4 Å². The van der Waals surface area contributed by atoms with Crippen molar-refractivity contribution >= 4 is 25.0 Å². The second-order valence-corrected chi connectivity index (χ2v) is 24.8. The van der Waals surface area contributed by atoms with E-state index in [9.17, 15) is 9.74 Å². The Morgan fingerprint density at radius 3 is 1.30 bits per heavy atom. The molecular formula is C26H58FNO6Si3. The number of nitrogens with one attached hydrogen (secondary N) is 1. The minimum atomic E-state index is -2.09. The Morgan fingerprint density at radius 1 is 0.622 bits per heavy atom. The third-order valence-corrected chi connectivity index (χ3v) is 23.4. The Balaban J connectivity index is 3.75. The first-order chi connectivity index (χ1) is 17.7. The molecule has 37 heavy (non-hydrogen) atoms. The molecule has 1 rings (SSSR count). The van der Waals surface area contributed by atoms with Crippen LogP contribution in [-0.4, -0.2) is 73.9 Å². The quantitative estimate of drug-likeness (QED) is 0.0675. The fourth-order valence-corrected chi connectivity index (χ4v) is 14.5. The molecule has 1 heterocycles. The maximum atomic E-state index is 13.7. The molecule has 0 aromatic rings. The van der Waals surface area contributed by atoms with Crippen LogP contribution >= 0.6 is 0 Å². The molecule has 1 aliphatic rings. The first-order valence-electron chi connectivity index (χ1n) is 15.0. The van der Waals surface area contributed by atoms with Crippen molar-refractivity contribution in [2.24, 2.45) is 0 Å². The molecule has 7 nitrogen and oxygen atoms in total. The van der Waals surface area contributed by atoms with Gasteiger partial charge in [0.25, 0.3) is 0 Å². The Hall–Kier alpha value is 0.301. The van der Waals surface area contributed by atoms with Crippen molar-refractivity contribution in [2.75, 3.05) is 13.2 Å². The maximum absolute atomic E-state index is 13.7. The Labute approximate surface area is 229 Å². The van der Waals surface area contributed by atoms with Crippen molar-refractivity contribution in [3.05, 3.63) is 0 Å². The Bertz CT molecular complexity index is 586. The number of rotatable bonds is 20. The summed E-state index contributed by atoms with van der Waals surface area (Å²) in [6.07, 6.45) is -1.58. The molecule has 0 amide bonds. The van der Waals surface area contributed by atoms with Gasteiger partial charge >= 0.3 is 0 Å². The van der Waals surface area contributed by atoms with Crippen molar-refractivity contribution in [1.82, 2.24) is 5.54 Å². The molecule has 0 spiro atoms. The Morgan fingerprint density at radius 2 is 0.973 bits per heavy atom. The molecule has 0 aromatic carbocycles. The van der Waals surface area contributed by atoms with Gasteiger partial charge in [0, 0.05) is 6.42 Å². The van der Waals surface area contributed by atoms with Gasteiger partial charge in [-0.1, -0.05) is 62.3 Å². The second kappa shape index (κ2) is 17.2. The first kappa shape index (κ1) is 35.3. The van der Waals surface area contributed by atoms with Crippen LogP contribution in [0.1, 0.15) is 68.7 Å². The van der Waals surface area contributed by atoms with Crippen LogP contribution < -0.4 is 5.54 Å². The van der Waals surface area contributed by atoms with E-state index in [-0.39, 0.29) is 31.5 Å². The summed E-state index contributed by atoms with van der Waals surface area (Å²) in [5.41, 5.74) is 1.86. The fraction of sp³-hybridized carbons (Fsp3) is 1.00. The molecule has 5 atom stereocenters. The predicted molar refractivity (Wildman–Crippen MR) is 157 cm³/mol. The standard InChI is InChI=1S/C26H58FNO6Si3/c1-10-35(11-2,12-3)32-24-22(19-20-30-29)31-23(21-28-27)25(33-36(13-4,14-5)15-6)26(24)34-37(16-7,17-8)18-9/h22-26,28-29H,10-21H2,1-9H3/t22-,23+,24+,25+,26+/m1/s1. The third-order valence-electron chi connectivity index (χ3n) is 9.46. The van der Waals surface area contributed by atoms with Crippen LogP contribution in [0.2, 0.25) is 54.4 Å². The van der Waals surface area contributed by atoms with Crippen LogP contribution in [0.3, 0.4) is 0 Å². The molecule has 1 fully saturated rings. The summed E-state index contributed by atoms with van der Waals surface area (Å²) >= 11 is 0. The summed E-state index contributed by atoms with van der Waals surface area (Å²) < 4.78 is 41.9. The predicted octanol–water partition coefficient (Wildman–Crippen LogP) is 7.28. The van der Waals surface area contributed by atoms with E-state index in [1.54, 1.807) is 0 Å². The largest absolute Gasteiger partial charge is 0.409 e. The third kappa shape index (κ3) is 8.89. The van der Waals surface area contributed by atoms with E-state index < -0.39 is 37.2 Å². The van der Waals surface area contributed by atoms with Crippen molar-refractivity contribution in [3.63, 3.8) is 0 Å². The number of ether oxygens (including phenoxy) is 1. The van der Waals surface area contributed by atoms with E-state index in [1.165, 1.54) is 0 Å². The summed E-state index contributed by atoms with van der Waals surface area (Å²) in [7, 11) is -6.25. The lowest BCUT2D eigenvalue weighted by molar-refractivity contribution is -0.259.